The topological polar surface area (TPSA) is 29.3 Å². The summed E-state index contributed by atoms with van der Waals surface area (Å²) in [5.41, 5.74) is 9.53. The molecule has 0 radical (unpaired) electrons. The van der Waals surface area contributed by atoms with Crippen molar-refractivity contribution in [1.29, 1.82) is 0 Å². The van der Waals surface area contributed by atoms with E-state index >= 15 is 0 Å². The Morgan fingerprint density at radius 1 is 0.947 bits per heavy atom. The maximum Gasteiger partial charge on any atom is 0.0234 e. The van der Waals surface area contributed by atoms with Crippen LogP contribution in [0.4, 0.5) is 0 Å². The number of nitrogens with zero attached hydrogens (tertiary/aromatic N) is 1. The van der Waals surface area contributed by atoms with Crippen LogP contribution in [0, 0.1) is 0 Å². The van der Waals surface area contributed by atoms with Gasteiger partial charge in [0.05, 0.1) is 0 Å². The Labute approximate surface area is 115 Å². The number of rotatable bonds is 5. The molecular weight excluding hydrogens is 232 g/mol. The van der Waals surface area contributed by atoms with Crippen LogP contribution in [0.25, 0.3) is 11.1 Å². The smallest absolute Gasteiger partial charge is 0.0234 e. The molecular formula is C17H22N2. The minimum Gasteiger partial charge on any atom is -0.329 e. The highest BCUT2D eigenvalue weighted by molar-refractivity contribution is 5.63. The fraction of sp³-hybridized carbons (Fsp3) is 0.294. The van der Waals surface area contributed by atoms with Crippen molar-refractivity contribution in [2.75, 3.05) is 13.6 Å². The third kappa shape index (κ3) is 3.66. The third-order valence-electron chi connectivity index (χ3n) is 3.59. The van der Waals surface area contributed by atoms with Crippen LogP contribution < -0.4 is 5.73 Å². The largest absolute Gasteiger partial charge is 0.329 e. The van der Waals surface area contributed by atoms with E-state index in [4.69, 9.17) is 5.73 Å². The van der Waals surface area contributed by atoms with Crippen LogP contribution in [0.15, 0.2) is 54.6 Å². The maximum atomic E-state index is 5.69. The average molecular weight is 254 g/mol. The van der Waals surface area contributed by atoms with Crippen molar-refractivity contribution in [2.24, 2.45) is 5.73 Å². The molecule has 2 N–H and O–H groups in total. The van der Waals surface area contributed by atoms with Crippen molar-refractivity contribution >= 4 is 0 Å². The number of nitrogens with two attached hydrogens (primary N) is 1. The van der Waals surface area contributed by atoms with Crippen molar-refractivity contribution in [1.82, 2.24) is 4.90 Å². The predicted molar refractivity (Wildman–Crippen MR) is 81.9 cm³/mol. The van der Waals surface area contributed by atoms with E-state index in [9.17, 15) is 0 Å². The Bertz CT molecular complexity index is 490. The zero-order valence-electron chi connectivity index (χ0n) is 11.7. The predicted octanol–water partition coefficient (Wildman–Crippen LogP) is 3.13. The van der Waals surface area contributed by atoms with Crippen LogP contribution in [-0.2, 0) is 6.54 Å². The average Bonchev–Trinajstić information content (AvgIpc) is 2.48. The summed E-state index contributed by atoms with van der Waals surface area (Å²) in [6.45, 7) is 3.78. The SMILES string of the molecule is CC(CN)N(C)Cc1ccc(-c2ccccc2)cc1. The molecule has 100 valence electrons. The zero-order valence-corrected chi connectivity index (χ0v) is 11.7. The lowest BCUT2D eigenvalue weighted by Gasteiger charge is -2.23. The van der Waals surface area contributed by atoms with Gasteiger partial charge in [0.15, 0.2) is 0 Å². The van der Waals surface area contributed by atoms with Gasteiger partial charge in [-0.25, -0.2) is 0 Å². The van der Waals surface area contributed by atoms with E-state index in [0.717, 1.165) is 6.54 Å². The van der Waals surface area contributed by atoms with Gasteiger partial charge in [-0.1, -0.05) is 54.6 Å². The monoisotopic (exact) mass is 254 g/mol. The summed E-state index contributed by atoms with van der Waals surface area (Å²) in [6, 6.07) is 19.6. The first-order valence-corrected chi connectivity index (χ1v) is 6.75. The molecule has 0 aliphatic heterocycles. The standard InChI is InChI=1S/C17H22N2/c1-14(12-18)19(2)13-15-8-10-17(11-9-15)16-6-4-3-5-7-16/h3-11,14H,12-13,18H2,1-2H3. The molecule has 0 aromatic heterocycles. The molecule has 0 saturated heterocycles. The van der Waals surface area contributed by atoms with Gasteiger partial charge in [-0.3, -0.25) is 4.90 Å². The summed E-state index contributed by atoms with van der Waals surface area (Å²) in [5, 5.41) is 0. The second-order valence-corrected chi connectivity index (χ2v) is 5.06. The molecule has 0 aliphatic carbocycles. The Hall–Kier alpha value is -1.64. The lowest BCUT2D eigenvalue weighted by atomic mass is 10.0. The van der Waals surface area contributed by atoms with Gasteiger partial charge in [-0.15, -0.1) is 0 Å². The van der Waals surface area contributed by atoms with E-state index in [2.05, 4.69) is 67.4 Å². The van der Waals surface area contributed by atoms with E-state index < -0.39 is 0 Å². The third-order valence-corrected chi connectivity index (χ3v) is 3.59. The quantitative estimate of drug-likeness (QED) is 0.888. The van der Waals surface area contributed by atoms with Crippen LogP contribution in [0.3, 0.4) is 0 Å². The molecule has 19 heavy (non-hydrogen) atoms. The molecule has 0 saturated carbocycles. The minimum atomic E-state index is 0.411. The summed E-state index contributed by atoms with van der Waals surface area (Å²) in [5.74, 6) is 0. The fourth-order valence-corrected chi connectivity index (χ4v) is 2.06. The lowest BCUT2D eigenvalue weighted by Crippen LogP contribution is -2.34. The molecule has 1 atom stereocenters. The van der Waals surface area contributed by atoms with E-state index in [1.54, 1.807) is 0 Å². The Morgan fingerprint density at radius 2 is 1.53 bits per heavy atom. The molecule has 0 amide bonds. The van der Waals surface area contributed by atoms with Gasteiger partial charge in [0.25, 0.3) is 0 Å². The first kappa shape index (κ1) is 13.8. The summed E-state index contributed by atoms with van der Waals surface area (Å²) in [7, 11) is 2.11. The molecule has 0 bridgehead atoms. The first-order chi connectivity index (χ1) is 9.20. The normalized spacial score (nSPS) is 12.6. The van der Waals surface area contributed by atoms with Gasteiger partial charge < -0.3 is 5.73 Å². The molecule has 2 aromatic carbocycles. The fourth-order valence-electron chi connectivity index (χ4n) is 2.06. The van der Waals surface area contributed by atoms with E-state index in [1.807, 2.05) is 6.07 Å². The highest BCUT2D eigenvalue weighted by Gasteiger charge is 2.07. The highest BCUT2D eigenvalue weighted by atomic mass is 15.1. The molecule has 0 fully saturated rings. The van der Waals surface area contributed by atoms with Gasteiger partial charge in [-0.2, -0.15) is 0 Å². The Kier molecular flexibility index (Phi) is 4.72. The van der Waals surface area contributed by atoms with Gasteiger partial charge in [0.1, 0.15) is 0 Å². The maximum absolute atomic E-state index is 5.69. The van der Waals surface area contributed by atoms with Crippen LogP contribution in [0.1, 0.15) is 12.5 Å². The Balaban J connectivity index is 2.07. The lowest BCUT2D eigenvalue weighted by molar-refractivity contribution is 0.255. The molecule has 2 heteroatoms. The number of hydrogen-bond acceptors (Lipinski definition) is 2. The summed E-state index contributed by atoms with van der Waals surface area (Å²) < 4.78 is 0. The van der Waals surface area contributed by atoms with E-state index in [-0.39, 0.29) is 0 Å². The van der Waals surface area contributed by atoms with Crippen molar-refractivity contribution in [2.45, 2.75) is 19.5 Å². The molecule has 0 heterocycles. The van der Waals surface area contributed by atoms with Crippen molar-refractivity contribution in [3.8, 4) is 11.1 Å². The van der Waals surface area contributed by atoms with Gasteiger partial charge in [0, 0.05) is 19.1 Å². The molecule has 2 rings (SSSR count). The second kappa shape index (κ2) is 6.50. The molecule has 1 unspecified atom stereocenters. The second-order valence-electron chi connectivity index (χ2n) is 5.06. The number of benzene rings is 2. The van der Waals surface area contributed by atoms with E-state index in [1.165, 1.54) is 16.7 Å². The zero-order chi connectivity index (χ0) is 13.7. The van der Waals surface area contributed by atoms with Gasteiger partial charge >= 0.3 is 0 Å². The van der Waals surface area contributed by atoms with Crippen LogP contribution in [0.2, 0.25) is 0 Å². The van der Waals surface area contributed by atoms with Crippen LogP contribution in [-0.4, -0.2) is 24.5 Å². The highest BCUT2D eigenvalue weighted by Crippen LogP contribution is 2.19. The summed E-state index contributed by atoms with van der Waals surface area (Å²) >= 11 is 0. The number of likely N-dealkylation sites (N-methyl/N-ethyl adjacent to an activating group) is 1. The summed E-state index contributed by atoms with van der Waals surface area (Å²) in [6.07, 6.45) is 0. The summed E-state index contributed by atoms with van der Waals surface area (Å²) in [4.78, 5) is 2.28. The van der Waals surface area contributed by atoms with Crippen molar-refractivity contribution in [3.05, 3.63) is 60.2 Å². The van der Waals surface area contributed by atoms with Gasteiger partial charge in [-0.05, 0) is 30.7 Å². The first-order valence-electron chi connectivity index (χ1n) is 6.75. The van der Waals surface area contributed by atoms with E-state index in [0.29, 0.717) is 12.6 Å². The molecule has 0 spiro atoms. The molecule has 2 nitrogen and oxygen atoms in total. The van der Waals surface area contributed by atoms with Crippen LogP contribution >= 0.6 is 0 Å². The number of hydrogen-bond donors (Lipinski definition) is 1. The van der Waals surface area contributed by atoms with Gasteiger partial charge in [0.2, 0.25) is 0 Å². The van der Waals surface area contributed by atoms with Crippen molar-refractivity contribution < 1.29 is 0 Å². The van der Waals surface area contributed by atoms with Crippen LogP contribution in [0.5, 0.6) is 0 Å². The minimum absolute atomic E-state index is 0.411. The van der Waals surface area contributed by atoms with Crippen molar-refractivity contribution in [3.63, 3.8) is 0 Å². The Morgan fingerprint density at radius 3 is 2.11 bits per heavy atom. The molecule has 0 aliphatic rings. The molecule has 2 aromatic rings.